The Morgan fingerprint density at radius 1 is 0.504 bits per heavy atom. The molecule has 0 amide bonds. The topological polar surface area (TPSA) is 516 Å². The summed E-state index contributed by atoms with van der Waals surface area (Å²) in [6, 6.07) is 0. The maximum Gasteiger partial charge on any atom is 0.473 e. The normalized spacial score (nSPS) is 29.1. The molecule has 0 radical (unpaired) electrons. The Morgan fingerprint density at radius 2 is 0.870 bits per heavy atom. The van der Waals surface area contributed by atoms with Crippen LogP contribution < -0.4 is 45.3 Å². The number of fused-ring (bicyclic) bond motifs is 9. The molecule has 123 heavy (non-hydrogen) atoms. The summed E-state index contributed by atoms with van der Waals surface area (Å²) in [5, 5.41) is 0. The Kier molecular flexibility index (Phi) is 27.4. The summed E-state index contributed by atoms with van der Waals surface area (Å²) in [7, 11) is -2.85. The number of ether oxygens (including phenoxy) is 10. The van der Waals surface area contributed by atoms with Crippen molar-refractivity contribution in [3.8, 4) is 0 Å². The summed E-state index contributed by atoms with van der Waals surface area (Å²) >= 11 is 5.38. The molecule has 7 fully saturated rings. The van der Waals surface area contributed by atoms with E-state index in [2.05, 4.69) is 133 Å². The van der Waals surface area contributed by atoms with Gasteiger partial charge in [-0.3, -0.25) is 56.7 Å². The first-order chi connectivity index (χ1) is 56.3. The van der Waals surface area contributed by atoms with E-state index in [1.165, 1.54) is 17.2 Å². The molecule has 0 saturated carbocycles. The van der Waals surface area contributed by atoms with Gasteiger partial charge in [-0.25, -0.2) is 24.3 Å². The van der Waals surface area contributed by atoms with Crippen LogP contribution in [0.1, 0.15) is 254 Å². The zero-order valence-corrected chi connectivity index (χ0v) is 78.6. The van der Waals surface area contributed by atoms with Crippen molar-refractivity contribution in [2.75, 3.05) is 56.5 Å². The molecule has 39 nitrogen and oxygen atoms in total. The Balaban J connectivity index is 0.000000160. The SMILES string of the molecule is CC(C)(C)C[C@@]12CCOC([C@H](n3cnc4c(=O)[nH]c(N)nc43)O1)[C@H]2OC(C)(C)C.CC(C)(C)C[C@@]12CCOC([C@H](n3cnc4c(=O)[nH]c(N)nc43)O1)[C@H]2OP(=O)(O)OC(C)(C)C.COCC[C@]1(CC(C)(C)C)O[C@@H](n2cnc3c(=O)[nH]c(N)nc32)C[C@H]1OP(O)(=S)OC(C)(C)C.Cc1cn([C@@H]2O[C@@]3(CC(C)(C)C)CCOC2[C@H]3OC(C)(C)C)c(=O)nc1N. The van der Waals surface area contributed by atoms with Gasteiger partial charge in [-0.15, -0.1) is 0 Å². The number of nitrogens with two attached hydrogens (primary N) is 4. The lowest BCUT2D eigenvalue weighted by atomic mass is 9.76. The minimum Gasteiger partial charge on any atom is -0.385 e. The van der Waals surface area contributed by atoms with Gasteiger partial charge in [0.25, 0.3) is 16.7 Å². The number of phosphoric ester groups is 1. The number of aryl methyl sites for hydroxylation is 1. The van der Waals surface area contributed by atoms with Crippen LogP contribution in [0.5, 0.6) is 0 Å². The highest BCUT2D eigenvalue weighted by Gasteiger charge is 2.66. The molecular weight excluding hydrogens is 1660 g/mol. The van der Waals surface area contributed by atoms with Crippen molar-refractivity contribution in [2.24, 2.45) is 21.7 Å². The summed E-state index contributed by atoms with van der Waals surface area (Å²) in [6.07, 6.45) is 5.67. The lowest BCUT2D eigenvalue weighted by Crippen LogP contribution is -2.54. The number of phosphoric acid groups is 1. The van der Waals surface area contributed by atoms with E-state index in [1.807, 2.05) is 48.5 Å². The van der Waals surface area contributed by atoms with Crippen molar-refractivity contribution in [1.29, 1.82) is 0 Å². The van der Waals surface area contributed by atoms with Gasteiger partial charge in [0.1, 0.15) is 77.2 Å². The Morgan fingerprint density at radius 3 is 1.24 bits per heavy atom. The van der Waals surface area contributed by atoms with E-state index in [-0.39, 0.29) is 109 Å². The number of hydrogen-bond acceptors (Lipinski definition) is 31. The largest absolute Gasteiger partial charge is 0.473 e. The van der Waals surface area contributed by atoms with Crippen molar-refractivity contribution in [3.05, 3.63) is 72.3 Å². The molecule has 7 saturated heterocycles. The van der Waals surface area contributed by atoms with E-state index >= 15 is 0 Å². The van der Waals surface area contributed by atoms with Crippen molar-refractivity contribution in [2.45, 2.75) is 343 Å². The van der Waals surface area contributed by atoms with Gasteiger partial charge in [0.2, 0.25) is 17.8 Å². The van der Waals surface area contributed by atoms with E-state index in [0.717, 1.165) is 31.2 Å². The molecule has 17 atom stereocenters. The van der Waals surface area contributed by atoms with Gasteiger partial charge in [0.15, 0.2) is 52.2 Å². The van der Waals surface area contributed by atoms with Crippen LogP contribution in [0, 0.1) is 28.6 Å². The molecule has 7 aromatic rings. The number of nitrogen functional groups attached to an aromatic ring is 4. The lowest BCUT2D eigenvalue weighted by Gasteiger charge is -2.44. The molecule has 5 unspecified atom stereocenters. The van der Waals surface area contributed by atoms with E-state index in [0.29, 0.717) is 69.8 Å². The molecule has 7 aromatic heterocycles. The number of aromatic nitrogens is 14. The van der Waals surface area contributed by atoms with E-state index in [1.54, 1.807) is 74.9 Å². The van der Waals surface area contributed by atoms with E-state index in [4.69, 9.17) is 100 Å². The maximum absolute atomic E-state index is 12.9. The summed E-state index contributed by atoms with van der Waals surface area (Å²) in [6.45, 7) is 48.4. The molecule has 6 bridgehead atoms. The van der Waals surface area contributed by atoms with Crippen LogP contribution in [0.25, 0.3) is 33.5 Å². The predicted molar refractivity (Wildman–Crippen MR) is 464 cm³/mol. The van der Waals surface area contributed by atoms with Gasteiger partial charge in [0.05, 0.1) is 61.2 Å². The van der Waals surface area contributed by atoms with Crippen LogP contribution in [-0.2, 0) is 81.8 Å². The summed E-state index contributed by atoms with van der Waals surface area (Å²) in [4.78, 5) is 107. The van der Waals surface area contributed by atoms with Gasteiger partial charge >= 0.3 is 20.2 Å². The molecular formula is C81H132N18O21P2S. The van der Waals surface area contributed by atoms with Crippen LogP contribution >= 0.6 is 14.5 Å². The molecule has 0 aliphatic carbocycles. The number of H-pyrrole nitrogens is 3. The quantitative estimate of drug-likeness (QED) is 0.0340. The van der Waals surface area contributed by atoms with Crippen LogP contribution in [0.3, 0.4) is 0 Å². The maximum atomic E-state index is 12.9. The molecule has 14 heterocycles. The first kappa shape index (κ1) is 97.0. The number of methoxy groups -OCH3 is 1. The van der Waals surface area contributed by atoms with Gasteiger partial charge in [-0.2, -0.15) is 19.9 Å². The van der Waals surface area contributed by atoms with Crippen molar-refractivity contribution in [3.63, 3.8) is 0 Å². The number of aromatic amines is 3. The number of imidazole rings is 3. The van der Waals surface area contributed by atoms with E-state index < -0.39 is 108 Å². The molecule has 42 heteroatoms. The smallest absolute Gasteiger partial charge is 0.385 e. The van der Waals surface area contributed by atoms with Gasteiger partial charge in [-0.1, -0.05) is 83.1 Å². The number of nitrogens with one attached hydrogen (secondary N) is 3. The first-order valence-electron chi connectivity index (χ1n) is 41.7. The van der Waals surface area contributed by atoms with Crippen molar-refractivity contribution in [1.82, 2.24) is 68.1 Å². The summed E-state index contributed by atoms with van der Waals surface area (Å²) in [5.41, 5.74) is 18.1. The second kappa shape index (κ2) is 34.8. The molecule has 0 aromatic carbocycles. The van der Waals surface area contributed by atoms with Crippen LogP contribution in [-0.4, -0.2) is 199 Å². The second-order valence-electron chi connectivity index (χ2n) is 42.1. The van der Waals surface area contributed by atoms with Crippen LogP contribution in [0.15, 0.2) is 44.4 Å². The predicted octanol–water partition coefficient (Wildman–Crippen LogP) is 10.9. The van der Waals surface area contributed by atoms with Gasteiger partial charge in [-0.05, 0) is 149 Å². The highest BCUT2D eigenvalue weighted by molar-refractivity contribution is 8.07. The summed E-state index contributed by atoms with van der Waals surface area (Å²) < 4.78 is 106. The van der Waals surface area contributed by atoms with Gasteiger partial charge in [0, 0.05) is 57.6 Å². The Hall–Kier alpha value is -6.63. The third kappa shape index (κ3) is 22.9. The van der Waals surface area contributed by atoms with E-state index in [9.17, 15) is 33.5 Å². The number of anilines is 4. The molecule has 14 rings (SSSR count). The fourth-order valence-corrected chi connectivity index (χ4v) is 21.6. The third-order valence-electron chi connectivity index (χ3n) is 21.2. The second-order valence-corrected chi connectivity index (χ2v) is 46.2. The fraction of sp³-hybridized carbons (Fsp3) is 0.765. The third-order valence-corrected chi connectivity index (χ3v) is 24.2. The minimum atomic E-state index is -4.47. The molecule has 13 N–H and O–H groups in total. The zero-order valence-electron chi connectivity index (χ0n) is 76.0. The van der Waals surface area contributed by atoms with Gasteiger partial charge < -0.3 is 89.1 Å². The average Bonchev–Trinajstić information content (AvgIpc) is 1.58. The highest BCUT2D eigenvalue weighted by Crippen LogP contribution is 2.61. The number of hydrogen-bond donors (Lipinski definition) is 9. The molecule has 688 valence electrons. The van der Waals surface area contributed by atoms with Crippen molar-refractivity contribution >= 4 is 83.5 Å². The Labute approximate surface area is 721 Å². The number of rotatable bonds is 19. The van der Waals surface area contributed by atoms with Crippen LogP contribution in [0.4, 0.5) is 23.7 Å². The molecule has 7 aliphatic rings. The monoisotopic (exact) mass is 1790 g/mol. The first-order valence-corrected chi connectivity index (χ1v) is 45.8. The number of nitrogens with zero attached hydrogens (tertiary/aromatic N) is 11. The lowest BCUT2D eigenvalue weighted by molar-refractivity contribution is -0.195. The van der Waals surface area contributed by atoms with Crippen molar-refractivity contribution < 1.29 is 79.8 Å². The molecule has 0 spiro atoms. The summed E-state index contributed by atoms with van der Waals surface area (Å²) in [5.74, 6) is 0.199. The fourth-order valence-electron chi connectivity index (χ4n) is 17.9. The minimum absolute atomic E-state index is 0.0187. The zero-order chi connectivity index (χ0) is 91.3. The molecule has 7 aliphatic heterocycles. The standard InChI is InChI=1S/C21H36N5O6PS.C20H32N5O7P.C20H31N5O4.C20H33N3O4/c1-19(2,3)11-21(8-9-29-7)13(31-33(28,34)32-20(4,5)6)10-14(30-21)26-12-23-15-16(26)24-18(22)25-17(15)27;1-18(2,3)9-20-7-8-29-12(13(20)31-33(27,28)32-19(4,5)6)16(30-20)25-10-22-11-14(25)23-17(21)24-15(11)26;1-18(2,3)9-20-7-8-27-12(13(20)28-19(4,5)6)16(29-20)25-10-22-11-14(25)23-17(21)24-15(11)26;1-12-10-23(17(24)22-15(12)21)16-13-14(26-19(5,6)7)20(27-16,8-9-25-13)11-18(2,3)4/h12-14H,8-11H2,1-7H3,(H,28,34)(H3,22,24,25,27);10,12-13,16H,7-9H2,1-6H3,(H,27,28)(H3,21,23,24,26);10,12-13,16H,7-9H2,1-6H3,(H3,21,23,24,26);10,13-14,16H,8-9,11H2,1-7H3,(H2,21,22,24)/t13-,14-,21-,33?;2*12?,13-,16-,20-;13?,14-,16-,20-/m1111/s1. The highest BCUT2D eigenvalue weighted by atomic mass is 32.5. The Bertz CT molecular complexity index is 5290. The average molecular weight is 1790 g/mol. The van der Waals surface area contributed by atoms with Crippen LogP contribution in [0.2, 0.25) is 0 Å².